The van der Waals surface area contributed by atoms with E-state index < -0.39 is 24.0 Å². The van der Waals surface area contributed by atoms with Gasteiger partial charge in [-0.05, 0) is 79.6 Å². The van der Waals surface area contributed by atoms with Crippen molar-refractivity contribution in [2.45, 2.75) is 18.9 Å². The molecule has 0 aliphatic heterocycles. The number of ether oxygens (including phenoxy) is 6. The zero-order valence-electron chi connectivity index (χ0n) is 25.5. The number of unbranched alkanes of at least 4 members (excludes halogenated alkanes) is 1. The van der Waals surface area contributed by atoms with E-state index in [0.29, 0.717) is 36.3 Å². The van der Waals surface area contributed by atoms with Gasteiger partial charge in [-0.3, -0.25) is 0 Å². The Kier molecular flexibility index (Phi) is 14.3. The smallest absolute Gasteiger partial charge is 0.343 e. The van der Waals surface area contributed by atoms with Crippen LogP contribution in [0.1, 0.15) is 39.9 Å². The molecule has 0 aliphatic rings. The fourth-order valence-corrected chi connectivity index (χ4v) is 3.77. The Morgan fingerprint density at radius 2 is 1.48 bits per heavy atom. The Labute approximate surface area is 268 Å². The van der Waals surface area contributed by atoms with Crippen molar-refractivity contribution in [3.8, 4) is 29.1 Å². The molecular formula is C36H35NO9. The van der Waals surface area contributed by atoms with Crippen LogP contribution in [0, 0.1) is 17.3 Å². The molecule has 0 heterocycles. The van der Waals surface area contributed by atoms with E-state index in [1.807, 2.05) is 24.3 Å². The highest BCUT2D eigenvalue weighted by atomic mass is 16.6. The third-order valence-electron chi connectivity index (χ3n) is 6.18. The average Bonchev–Trinajstić information content (AvgIpc) is 3.09. The van der Waals surface area contributed by atoms with Crippen molar-refractivity contribution in [1.29, 1.82) is 5.41 Å². The van der Waals surface area contributed by atoms with Gasteiger partial charge >= 0.3 is 17.9 Å². The second-order valence-corrected chi connectivity index (χ2v) is 9.52. The van der Waals surface area contributed by atoms with Gasteiger partial charge in [-0.15, -0.1) is 0 Å². The molecule has 1 unspecified atom stereocenters. The summed E-state index contributed by atoms with van der Waals surface area (Å²) in [6.45, 7) is 7.44. The Morgan fingerprint density at radius 1 is 0.826 bits per heavy atom. The number of carbonyl (C=O) groups excluding carboxylic acids is 3. The number of carbonyl (C=O) groups is 3. The van der Waals surface area contributed by atoms with Gasteiger partial charge in [-0.25, -0.2) is 14.4 Å². The van der Waals surface area contributed by atoms with Crippen molar-refractivity contribution in [2.75, 3.05) is 33.5 Å². The molecule has 0 saturated carbocycles. The number of nitrogens with one attached hydrogen (secondary N) is 1. The zero-order chi connectivity index (χ0) is 33.1. The minimum atomic E-state index is -0.711. The molecule has 3 aromatic carbocycles. The van der Waals surface area contributed by atoms with Gasteiger partial charge in [0, 0.05) is 41.7 Å². The van der Waals surface area contributed by atoms with Crippen LogP contribution in [0.25, 0.3) is 0 Å². The number of hydrogen-bond donors (Lipinski definition) is 1. The molecule has 0 radical (unpaired) electrons. The second-order valence-electron chi connectivity index (χ2n) is 9.52. The minimum Gasteiger partial charge on any atom is -0.497 e. The fraction of sp³-hybridized carbons (Fsp3) is 0.222. The first-order valence-corrected chi connectivity index (χ1v) is 14.3. The molecule has 0 bridgehead atoms. The van der Waals surface area contributed by atoms with Crippen LogP contribution in [0.2, 0.25) is 0 Å². The van der Waals surface area contributed by atoms with Crippen LogP contribution >= 0.6 is 0 Å². The molecule has 3 rings (SSSR count). The molecule has 46 heavy (non-hydrogen) atoms. The first-order valence-electron chi connectivity index (χ1n) is 14.3. The van der Waals surface area contributed by atoms with Crippen LogP contribution in [0.4, 0.5) is 0 Å². The molecule has 3 aromatic rings. The summed E-state index contributed by atoms with van der Waals surface area (Å²) in [4.78, 5) is 35.7. The van der Waals surface area contributed by atoms with E-state index in [0.717, 1.165) is 29.7 Å². The Bertz CT molecular complexity index is 1570. The molecule has 10 nitrogen and oxygen atoms in total. The summed E-state index contributed by atoms with van der Waals surface area (Å²) in [5, 5.41) is 7.78. The summed E-state index contributed by atoms with van der Waals surface area (Å²) >= 11 is 0. The highest BCUT2D eigenvalue weighted by Crippen LogP contribution is 2.21. The fourth-order valence-electron chi connectivity index (χ4n) is 3.77. The van der Waals surface area contributed by atoms with Gasteiger partial charge in [-0.2, -0.15) is 0 Å². The molecule has 10 heteroatoms. The summed E-state index contributed by atoms with van der Waals surface area (Å²) in [5.41, 5.74) is 2.13. The Morgan fingerprint density at radius 3 is 2.15 bits per heavy atom. The van der Waals surface area contributed by atoms with Gasteiger partial charge in [0.1, 0.15) is 23.9 Å². The monoisotopic (exact) mass is 625 g/mol. The third kappa shape index (κ3) is 11.8. The standard InChI is InChI=1S/C36H35NO9/c1-4-34(38)43-21-7-6-20-42-24-32(45-35(39)5-2)25-44-31-17-13-28(14-18-31)36(40)46-33-19-12-27(22-29(33)23-37)9-8-26-10-15-30(41-3)16-11-26/h4-5,10-19,22-23,32,37H,1-2,6-7,20-21,24-25H2,3H3. The SMILES string of the molecule is C=CC(=O)OCCCCOCC(COc1ccc(C(=O)Oc2ccc(C#Cc3ccc(OC)cc3)cc2C=N)cc1)OC(=O)C=C. The van der Waals surface area contributed by atoms with Gasteiger partial charge < -0.3 is 33.8 Å². The maximum atomic E-state index is 12.8. The molecule has 0 amide bonds. The van der Waals surface area contributed by atoms with E-state index in [9.17, 15) is 14.4 Å². The van der Waals surface area contributed by atoms with Crippen molar-refractivity contribution in [3.05, 3.63) is 114 Å². The highest BCUT2D eigenvalue weighted by Gasteiger charge is 2.16. The maximum Gasteiger partial charge on any atom is 0.343 e. The third-order valence-corrected chi connectivity index (χ3v) is 6.18. The summed E-state index contributed by atoms with van der Waals surface area (Å²) in [6, 6.07) is 18.6. The lowest BCUT2D eigenvalue weighted by Gasteiger charge is -2.18. The summed E-state index contributed by atoms with van der Waals surface area (Å²) in [6.07, 6.45) is 3.78. The van der Waals surface area contributed by atoms with Crippen LogP contribution in [-0.2, 0) is 23.8 Å². The van der Waals surface area contributed by atoms with Crippen molar-refractivity contribution in [3.63, 3.8) is 0 Å². The molecule has 0 aliphatic carbocycles. The first kappa shape index (κ1) is 34.8. The maximum absolute atomic E-state index is 12.8. The van der Waals surface area contributed by atoms with Crippen LogP contribution in [0.3, 0.4) is 0 Å². The molecule has 0 spiro atoms. The molecular weight excluding hydrogens is 590 g/mol. The van der Waals surface area contributed by atoms with E-state index in [1.165, 1.54) is 12.1 Å². The summed E-state index contributed by atoms with van der Waals surface area (Å²) < 4.78 is 32.3. The van der Waals surface area contributed by atoms with Crippen molar-refractivity contribution in [1.82, 2.24) is 0 Å². The summed E-state index contributed by atoms with van der Waals surface area (Å²) in [5.74, 6) is 5.78. The predicted octanol–water partition coefficient (Wildman–Crippen LogP) is 5.31. The van der Waals surface area contributed by atoms with Gasteiger partial charge in [0.2, 0.25) is 0 Å². The van der Waals surface area contributed by atoms with Gasteiger partial charge in [-0.1, -0.05) is 25.0 Å². The molecule has 1 N–H and O–H groups in total. The number of methoxy groups -OCH3 is 1. The van der Waals surface area contributed by atoms with Crippen molar-refractivity contribution < 1.29 is 42.8 Å². The Balaban J connectivity index is 1.52. The lowest BCUT2D eigenvalue weighted by atomic mass is 10.1. The lowest BCUT2D eigenvalue weighted by molar-refractivity contribution is -0.148. The quantitative estimate of drug-likeness (QED) is 0.0529. The average molecular weight is 626 g/mol. The van der Waals surface area contributed by atoms with Gasteiger partial charge in [0.05, 0.1) is 25.9 Å². The number of esters is 3. The van der Waals surface area contributed by atoms with E-state index in [-0.39, 0.29) is 31.1 Å². The highest BCUT2D eigenvalue weighted by molar-refractivity contribution is 5.93. The zero-order valence-corrected chi connectivity index (χ0v) is 25.5. The molecule has 1 atom stereocenters. The van der Waals surface area contributed by atoms with Crippen LogP contribution in [0.15, 0.2) is 92.0 Å². The van der Waals surface area contributed by atoms with Crippen LogP contribution in [-0.4, -0.2) is 63.8 Å². The number of benzene rings is 3. The number of rotatable bonds is 17. The minimum absolute atomic E-state index is 0.00325. The number of hydrogen-bond acceptors (Lipinski definition) is 10. The normalized spacial score (nSPS) is 10.7. The first-order chi connectivity index (χ1) is 22.3. The molecule has 0 fully saturated rings. The van der Waals surface area contributed by atoms with E-state index in [2.05, 4.69) is 25.0 Å². The van der Waals surface area contributed by atoms with E-state index in [4.69, 9.17) is 33.8 Å². The second kappa shape index (κ2) is 18.9. The predicted molar refractivity (Wildman–Crippen MR) is 171 cm³/mol. The molecule has 0 aromatic heterocycles. The van der Waals surface area contributed by atoms with Crippen molar-refractivity contribution >= 4 is 24.1 Å². The van der Waals surface area contributed by atoms with Crippen molar-refractivity contribution in [2.24, 2.45) is 0 Å². The molecule has 238 valence electrons. The van der Waals surface area contributed by atoms with Crippen LogP contribution in [0.5, 0.6) is 17.2 Å². The molecule has 0 saturated heterocycles. The van der Waals surface area contributed by atoms with Crippen LogP contribution < -0.4 is 14.2 Å². The summed E-state index contributed by atoms with van der Waals surface area (Å²) in [7, 11) is 1.60. The largest absolute Gasteiger partial charge is 0.497 e. The lowest BCUT2D eigenvalue weighted by Crippen LogP contribution is -2.29. The van der Waals surface area contributed by atoms with Gasteiger partial charge in [0.25, 0.3) is 0 Å². The Hall–Kier alpha value is -5.66. The van der Waals surface area contributed by atoms with E-state index >= 15 is 0 Å². The topological polar surface area (TPSA) is 130 Å². The van der Waals surface area contributed by atoms with Gasteiger partial charge in [0.15, 0.2) is 6.10 Å². The van der Waals surface area contributed by atoms with E-state index in [1.54, 1.807) is 37.4 Å².